The van der Waals surface area contributed by atoms with Crippen molar-refractivity contribution < 1.29 is 29.7 Å². The predicted molar refractivity (Wildman–Crippen MR) is 160 cm³/mol. The third kappa shape index (κ3) is 3.79. The molecule has 40 heavy (non-hydrogen) atoms. The summed E-state index contributed by atoms with van der Waals surface area (Å²) in [5, 5.41) is 0. The molecule has 4 aromatic rings. The minimum absolute atomic E-state index is 0.249. The molecule has 0 saturated heterocycles. The molecule has 2 nitrogen and oxygen atoms in total. The second-order valence-corrected chi connectivity index (χ2v) is 56.7. The second kappa shape index (κ2) is 8.02. The molecule has 204 valence electrons. The molecule has 0 spiro atoms. The summed E-state index contributed by atoms with van der Waals surface area (Å²) in [5.41, 5.74) is 6.83. The third-order valence-electron chi connectivity index (χ3n) is 9.39. The fraction of sp³-hybridized carbons (Fsp3) is 0.176. The van der Waals surface area contributed by atoms with E-state index in [0.717, 1.165) is 33.4 Å². The number of hydrogen-bond donors (Lipinski definition) is 0. The molecule has 0 heterocycles. The van der Waals surface area contributed by atoms with E-state index in [1.807, 2.05) is 19.0 Å². The SMILES string of the molecule is CC1=Cc2ccccc2[CH]1[Zr]([CH3])([CH3])(=[SiH2])([O]c1ccc(F)cc1)([O]c1ccc(F)cc1)[CH]1C(C)=Cc2ccccc21. The second-order valence-electron chi connectivity index (χ2n) is 13.6. The summed E-state index contributed by atoms with van der Waals surface area (Å²) < 4.78 is 47.8. The monoisotopic (exact) mass is 630 g/mol. The Hall–Kier alpha value is -3.08. The van der Waals surface area contributed by atoms with Crippen LogP contribution >= 0.6 is 0 Å². The van der Waals surface area contributed by atoms with Gasteiger partial charge in [0, 0.05) is 0 Å². The van der Waals surface area contributed by atoms with Crippen molar-refractivity contribution in [3.8, 4) is 11.5 Å². The summed E-state index contributed by atoms with van der Waals surface area (Å²) in [6.07, 6.45) is 4.46. The number of benzene rings is 4. The fourth-order valence-corrected chi connectivity index (χ4v) is 41.8. The molecule has 4 aromatic carbocycles. The zero-order chi connectivity index (χ0) is 28.4. The molecule has 6 rings (SSSR count). The van der Waals surface area contributed by atoms with E-state index in [0.29, 0.717) is 11.5 Å². The number of halogens is 2. The van der Waals surface area contributed by atoms with Crippen molar-refractivity contribution in [1.82, 2.24) is 0 Å². The van der Waals surface area contributed by atoms with E-state index in [1.54, 1.807) is 24.3 Å². The molecule has 2 unspecified atom stereocenters. The average Bonchev–Trinajstić information content (AvgIpc) is 3.44. The van der Waals surface area contributed by atoms with E-state index in [1.165, 1.54) is 24.3 Å². The Kier molecular flexibility index (Phi) is 5.43. The Morgan fingerprint density at radius 2 is 0.925 bits per heavy atom. The molecule has 2 aliphatic carbocycles. The van der Waals surface area contributed by atoms with Crippen LogP contribution in [-0.2, 0) is 15.3 Å². The fourth-order valence-electron chi connectivity index (χ4n) is 8.54. The summed E-state index contributed by atoms with van der Waals surface area (Å²) >= 11 is -6.54. The number of allylic oxidation sites excluding steroid dienone is 2. The van der Waals surface area contributed by atoms with Crippen LogP contribution < -0.4 is 5.63 Å². The average molecular weight is 632 g/mol. The topological polar surface area (TPSA) is 18.5 Å². The standard InChI is InChI=1S/2C10H9.2C6H5FO.2CH3.H2Si.Zr/c2*1-8-6-9-4-2-3-5-10(9)7-8;2*7-5-1-3-6(8)4-2-5;;;;/h2*2-7H,1H3;2*1-4,8H;2*1H3;1H2;/q;;;;;;;+2/p-2. The number of fused-ring (bicyclic) bond motifs is 2. The molecular formula is C34H34F2O2SiZr. The van der Waals surface area contributed by atoms with Crippen molar-refractivity contribution >= 4 is 19.0 Å². The molecule has 0 amide bonds. The van der Waals surface area contributed by atoms with Gasteiger partial charge in [0.1, 0.15) is 0 Å². The van der Waals surface area contributed by atoms with Gasteiger partial charge in [0.05, 0.1) is 0 Å². The zero-order valence-electron chi connectivity index (χ0n) is 23.3. The minimum atomic E-state index is -6.54. The first-order valence-electron chi connectivity index (χ1n) is 13.7. The van der Waals surface area contributed by atoms with Crippen LogP contribution in [0.1, 0.15) is 43.4 Å². The number of hydrogen-bond acceptors (Lipinski definition) is 2. The Labute approximate surface area is 231 Å². The van der Waals surface area contributed by atoms with Crippen molar-refractivity contribution in [2.24, 2.45) is 0 Å². The van der Waals surface area contributed by atoms with Gasteiger partial charge in [0.25, 0.3) is 0 Å². The van der Waals surface area contributed by atoms with E-state index in [2.05, 4.69) is 71.7 Å². The molecule has 0 aliphatic heterocycles. The van der Waals surface area contributed by atoms with Crippen LogP contribution in [-0.4, -0.2) is 6.88 Å². The van der Waals surface area contributed by atoms with Gasteiger partial charge in [-0.15, -0.1) is 0 Å². The van der Waals surface area contributed by atoms with Gasteiger partial charge in [-0.05, 0) is 0 Å². The molecule has 0 bridgehead atoms. The van der Waals surface area contributed by atoms with Crippen LogP contribution in [0, 0.1) is 11.6 Å². The zero-order valence-corrected chi connectivity index (χ0v) is 27.2. The van der Waals surface area contributed by atoms with Gasteiger partial charge in [-0.3, -0.25) is 0 Å². The summed E-state index contributed by atoms with van der Waals surface area (Å²) in [6, 6.07) is 29.3. The molecule has 2 atom stereocenters. The van der Waals surface area contributed by atoms with Crippen LogP contribution in [0.2, 0.25) is 9.26 Å². The first-order chi connectivity index (χ1) is 18.8. The Morgan fingerprint density at radius 1 is 0.575 bits per heavy atom. The molecule has 2 aliphatic rings. The van der Waals surface area contributed by atoms with E-state index in [9.17, 15) is 8.78 Å². The maximum absolute atomic E-state index is 14.2. The first kappa shape index (κ1) is 27.1. The van der Waals surface area contributed by atoms with Gasteiger partial charge in [0.15, 0.2) is 0 Å². The van der Waals surface area contributed by atoms with Crippen molar-refractivity contribution in [3.63, 3.8) is 0 Å². The molecule has 6 heteroatoms. The summed E-state index contributed by atoms with van der Waals surface area (Å²) in [5.74, 6) is 0.412. The molecule has 0 N–H and O–H groups in total. The van der Waals surface area contributed by atoms with Gasteiger partial charge in [-0.1, -0.05) is 0 Å². The van der Waals surface area contributed by atoms with E-state index < -0.39 is 15.3 Å². The number of rotatable bonds is 6. The molecule has 0 fully saturated rings. The summed E-state index contributed by atoms with van der Waals surface area (Å²) in [7, 11) is 0. The van der Waals surface area contributed by atoms with E-state index >= 15 is 0 Å². The van der Waals surface area contributed by atoms with Gasteiger partial charge in [0.2, 0.25) is 0 Å². The third-order valence-corrected chi connectivity index (χ3v) is 36.8. The van der Waals surface area contributed by atoms with Crippen molar-refractivity contribution in [2.45, 2.75) is 30.4 Å². The van der Waals surface area contributed by atoms with Gasteiger partial charge in [-0.2, -0.15) is 0 Å². The molecular weight excluding hydrogens is 598 g/mol. The predicted octanol–water partition coefficient (Wildman–Crippen LogP) is 8.97. The van der Waals surface area contributed by atoms with Crippen LogP contribution in [0.15, 0.2) is 108 Å². The maximum atomic E-state index is 14.2. The first-order valence-corrected chi connectivity index (χ1v) is 29.4. The molecule has 0 aromatic heterocycles. The van der Waals surface area contributed by atoms with E-state index in [4.69, 9.17) is 5.63 Å². The van der Waals surface area contributed by atoms with Crippen molar-refractivity contribution in [2.75, 3.05) is 0 Å². The Balaban J connectivity index is 1.80. The van der Waals surface area contributed by atoms with Crippen molar-refractivity contribution in [3.05, 3.63) is 142 Å². The van der Waals surface area contributed by atoms with Crippen LogP contribution in [0.3, 0.4) is 0 Å². The van der Waals surface area contributed by atoms with Gasteiger partial charge in [-0.25, -0.2) is 0 Å². The molecule has 0 radical (unpaired) electrons. The summed E-state index contributed by atoms with van der Waals surface area (Å²) in [6.45, 7) is 6.19. The Bertz CT molecular complexity index is 1740. The van der Waals surface area contributed by atoms with Crippen LogP contribution in [0.5, 0.6) is 11.5 Å². The van der Waals surface area contributed by atoms with Crippen LogP contribution in [0.25, 0.3) is 12.2 Å². The van der Waals surface area contributed by atoms with Gasteiger partial charge >= 0.3 is 233 Å². The quantitative estimate of drug-likeness (QED) is 0.198. The van der Waals surface area contributed by atoms with Crippen molar-refractivity contribution in [1.29, 1.82) is 0 Å². The summed E-state index contributed by atoms with van der Waals surface area (Å²) in [4.78, 5) is 0. The molecule has 0 saturated carbocycles. The van der Waals surface area contributed by atoms with E-state index in [-0.39, 0.29) is 18.9 Å². The van der Waals surface area contributed by atoms with Crippen LogP contribution in [0.4, 0.5) is 8.78 Å². The van der Waals surface area contributed by atoms with Gasteiger partial charge < -0.3 is 0 Å². The Morgan fingerprint density at radius 3 is 1.30 bits per heavy atom. The normalized spacial score (nSPS) is 20.6.